The van der Waals surface area contributed by atoms with Gasteiger partial charge in [-0.2, -0.15) is 0 Å². The van der Waals surface area contributed by atoms with Gasteiger partial charge in [-0.15, -0.1) is 23.8 Å². The van der Waals surface area contributed by atoms with Crippen LogP contribution in [0.3, 0.4) is 0 Å². The maximum atomic E-state index is 8.30. The number of pyridine rings is 2. The van der Waals surface area contributed by atoms with Gasteiger partial charge in [0.05, 0.1) is 5.58 Å². The first-order valence-corrected chi connectivity index (χ1v) is 24.5. The summed E-state index contributed by atoms with van der Waals surface area (Å²) in [5.41, 5.74) is 10.2. The summed E-state index contributed by atoms with van der Waals surface area (Å²) in [5, 5.41) is 2.12. The van der Waals surface area contributed by atoms with E-state index in [4.69, 9.17) is 9.90 Å². The maximum Gasteiger partial charge on any atom is 0 e. The molecule has 5 aromatic carbocycles. The van der Waals surface area contributed by atoms with Gasteiger partial charge in [-0.1, -0.05) is 67.3 Å². The average Bonchev–Trinajstić information content (AvgIpc) is 3.55. The Labute approximate surface area is 329 Å². The smallest absolute Gasteiger partial charge is 0 e. The van der Waals surface area contributed by atoms with Crippen molar-refractivity contribution in [3.05, 3.63) is 163 Å². The van der Waals surface area contributed by atoms with E-state index in [2.05, 4.69) is 75.8 Å². The van der Waals surface area contributed by atoms with E-state index in [-0.39, 0.29) is 20.1 Å². The normalized spacial score (nSPS) is 12.9. The van der Waals surface area contributed by atoms with Crippen molar-refractivity contribution in [3.63, 3.8) is 0 Å². The van der Waals surface area contributed by atoms with Gasteiger partial charge in [-0.25, -0.2) is 0 Å². The van der Waals surface area contributed by atoms with Crippen LogP contribution in [0.25, 0.3) is 66.7 Å². The van der Waals surface area contributed by atoms with Crippen LogP contribution in [0.2, 0.25) is 17.3 Å². The second-order valence-electron chi connectivity index (χ2n) is 14.0. The first-order valence-electron chi connectivity index (χ1n) is 19.1. The van der Waals surface area contributed by atoms with E-state index in [1.165, 1.54) is 9.96 Å². The fraction of sp³-hybridized carbons (Fsp3) is 0.149. The van der Waals surface area contributed by atoms with Crippen molar-refractivity contribution < 1.29 is 30.0 Å². The minimum atomic E-state index is -2.18. The van der Waals surface area contributed by atoms with Crippen LogP contribution in [0, 0.1) is 19.0 Å². The van der Waals surface area contributed by atoms with Crippen LogP contribution < -0.4 is 4.40 Å². The summed E-state index contributed by atoms with van der Waals surface area (Å²) >= 11 is -1.91. The van der Waals surface area contributed by atoms with E-state index in [9.17, 15) is 0 Å². The van der Waals surface area contributed by atoms with Gasteiger partial charge in [0, 0.05) is 33.1 Å². The van der Waals surface area contributed by atoms with Crippen molar-refractivity contribution in [2.24, 2.45) is 0 Å². The van der Waals surface area contributed by atoms with Crippen molar-refractivity contribution in [1.29, 1.82) is 0 Å². The monoisotopic (exact) mass is 921 g/mol. The van der Waals surface area contributed by atoms with Crippen LogP contribution in [0.15, 0.2) is 144 Å². The maximum absolute atomic E-state index is 8.30. The summed E-state index contributed by atoms with van der Waals surface area (Å²) in [6.45, 7) is 1.58. The van der Waals surface area contributed by atoms with E-state index >= 15 is 0 Å². The predicted octanol–water partition coefficient (Wildman–Crippen LogP) is 12.3. The zero-order valence-corrected chi connectivity index (χ0v) is 34.4. The summed E-state index contributed by atoms with van der Waals surface area (Å²) in [7, 11) is 0. The number of aryl methyl sites for hydroxylation is 1. The number of fused-ring (bicyclic) bond motifs is 3. The average molecular weight is 920 g/mol. The number of aromatic nitrogens is 2. The van der Waals surface area contributed by atoms with Crippen LogP contribution in [0.1, 0.15) is 36.4 Å². The van der Waals surface area contributed by atoms with Crippen LogP contribution in [0.5, 0.6) is 0 Å². The third kappa shape index (κ3) is 8.21. The molecule has 8 aromatic rings. The Morgan fingerprint density at radius 2 is 1.37 bits per heavy atom. The van der Waals surface area contributed by atoms with Gasteiger partial charge in [0.15, 0.2) is 0 Å². The van der Waals surface area contributed by atoms with Gasteiger partial charge >= 0.3 is 146 Å². The molecule has 0 amide bonds. The van der Waals surface area contributed by atoms with E-state index in [1.807, 2.05) is 105 Å². The zero-order valence-electron chi connectivity index (χ0n) is 33.9. The van der Waals surface area contributed by atoms with Crippen LogP contribution in [-0.2, 0) is 20.1 Å². The fourth-order valence-corrected chi connectivity index (χ4v) is 8.23. The first-order chi connectivity index (χ1) is 26.1. The van der Waals surface area contributed by atoms with Crippen molar-refractivity contribution in [2.45, 2.75) is 43.9 Å². The molecule has 0 aliphatic heterocycles. The number of hydrogen-bond acceptors (Lipinski definition) is 3. The van der Waals surface area contributed by atoms with E-state index in [0.29, 0.717) is 11.1 Å². The first kappa shape index (κ1) is 32.1. The molecule has 3 nitrogen and oxygen atoms in total. The fourth-order valence-electron chi connectivity index (χ4n) is 6.06. The standard InChI is InChI=1S/C26H20NO.C21H22GeN.Ir/c1-17(2)19-12-13-27-24(16-19)21-9-11-26-23(15-21)22-14-20(8-10-25(22)28-26)18-6-4-3-5-7-18;1-16-10-11-18(14-20(16)17-8-6-5-7-9-17)21-13-12-19(15-23-21)22(2,3)4;/h3-8,10-17H,1-2H3;5-10,12-15H,1-4H3;/q2*-1;/i17D;1D3;. The Hall–Kier alpha value is -4.61. The second-order valence-corrected chi connectivity index (χ2v) is 24.6. The molecular formula is C47H42GeIrN2O-2. The molecule has 8 rings (SSSR count). The van der Waals surface area contributed by atoms with Gasteiger partial charge < -0.3 is 9.40 Å². The molecule has 3 heterocycles. The van der Waals surface area contributed by atoms with Crippen LogP contribution in [0.4, 0.5) is 0 Å². The third-order valence-electron chi connectivity index (χ3n) is 9.06. The van der Waals surface area contributed by atoms with Gasteiger partial charge in [-0.05, 0) is 40.9 Å². The number of furan rings is 1. The Bertz CT molecular complexity index is 2590. The van der Waals surface area contributed by atoms with E-state index < -0.39 is 26.0 Å². The number of benzene rings is 5. The molecule has 0 saturated carbocycles. The molecular weight excluding hydrogens is 873 g/mol. The minimum Gasteiger partial charge on any atom is 0 e. The van der Waals surface area contributed by atoms with Gasteiger partial charge in [-0.3, -0.25) is 0 Å². The van der Waals surface area contributed by atoms with Crippen LogP contribution >= 0.6 is 0 Å². The second kappa shape index (κ2) is 16.0. The van der Waals surface area contributed by atoms with Crippen molar-refractivity contribution in [1.82, 2.24) is 9.97 Å². The Kier molecular flexibility index (Phi) is 9.84. The third-order valence-corrected chi connectivity index (χ3v) is 13.3. The molecule has 0 fully saturated rings. The Morgan fingerprint density at radius 1 is 0.673 bits per heavy atom. The van der Waals surface area contributed by atoms with Gasteiger partial charge in [0.25, 0.3) is 0 Å². The molecule has 0 saturated heterocycles. The molecule has 1 radical (unpaired) electrons. The molecule has 0 aliphatic carbocycles. The molecule has 3 aromatic heterocycles. The Balaban J connectivity index is 0.000000188. The van der Waals surface area contributed by atoms with Crippen LogP contribution in [-0.4, -0.2) is 23.2 Å². The summed E-state index contributed by atoms with van der Waals surface area (Å²) in [4.78, 5) is 9.13. The molecule has 0 aliphatic rings. The molecule has 0 bridgehead atoms. The number of nitrogens with zero attached hydrogens (tertiary/aromatic N) is 2. The van der Waals surface area contributed by atoms with Crippen molar-refractivity contribution in [2.75, 3.05) is 0 Å². The van der Waals surface area contributed by atoms with E-state index in [0.717, 1.165) is 61.1 Å². The largest absolute Gasteiger partial charge is 0 e. The van der Waals surface area contributed by atoms with Gasteiger partial charge in [0.2, 0.25) is 0 Å². The van der Waals surface area contributed by atoms with E-state index in [1.54, 1.807) is 12.3 Å². The summed E-state index contributed by atoms with van der Waals surface area (Å²) in [6.07, 6.45) is 3.73. The minimum absolute atomic E-state index is 0. The summed E-state index contributed by atoms with van der Waals surface area (Å²) in [6, 6.07) is 48.1. The molecule has 0 spiro atoms. The summed E-state index contributed by atoms with van der Waals surface area (Å²) in [5.74, 6) is 6.33. The quantitative estimate of drug-likeness (QED) is 0.123. The van der Waals surface area contributed by atoms with Gasteiger partial charge in [0.1, 0.15) is 5.58 Å². The molecule has 0 unspecified atom stereocenters. The molecule has 52 heavy (non-hydrogen) atoms. The predicted molar refractivity (Wildman–Crippen MR) is 217 cm³/mol. The SMILES string of the molecule is [2H]C(C)(C)c1ccnc(-c2[c-]cc3oc4ccc(-c5ccccc5)cc4c3c2)c1.[2H]C([2H])([2H])c1c[c-]c(-c2cc[c]([Ge]([CH3])([CH3])[CH3])cn2)cc1-c1ccccc1.[Ir]. The number of hydrogen-bond donors (Lipinski definition) is 0. The number of rotatable bonds is 6. The van der Waals surface area contributed by atoms with Crippen molar-refractivity contribution >= 4 is 39.6 Å². The zero-order chi connectivity index (χ0) is 39.0. The van der Waals surface area contributed by atoms with Crippen molar-refractivity contribution in [3.8, 4) is 44.8 Å². The summed E-state index contributed by atoms with van der Waals surface area (Å²) < 4.78 is 39.2. The molecule has 0 atom stereocenters. The Morgan fingerprint density at radius 3 is 2.04 bits per heavy atom. The topological polar surface area (TPSA) is 38.9 Å². The molecule has 5 heteroatoms. The molecule has 261 valence electrons. The molecule has 0 N–H and O–H groups in total.